The highest BCUT2D eigenvalue weighted by molar-refractivity contribution is 7.99. The number of alkyl halides is 2. The first-order chi connectivity index (χ1) is 25.3. The lowest BCUT2D eigenvalue weighted by Gasteiger charge is -2.30. The summed E-state index contributed by atoms with van der Waals surface area (Å²) < 4.78 is 69.6. The summed E-state index contributed by atoms with van der Waals surface area (Å²) in [5.41, 5.74) is 0.853. The molecule has 0 unspecified atom stereocenters. The van der Waals surface area contributed by atoms with E-state index in [-0.39, 0.29) is 63.8 Å². The van der Waals surface area contributed by atoms with Crippen LogP contribution in [0.3, 0.4) is 0 Å². The largest absolute Gasteiger partial charge is 0.489 e. The van der Waals surface area contributed by atoms with Crippen LogP contribution in [0.15, 0.2) is 48.8 Å². The summed E-state index contributed by atoms with van der Waals surface area (Å²) in [5.74, 6) is -0.537. The fourth-order valence-electron chi connectivity index (χ4n) is 6.02. The van der Waals surface area contributed by atoms with Crippen LogP contribution >= 0.6 is 35.0 Å². The van der Waals surface area contributed by atoms with Crippen LogP contribution in [0.5, 0.6) is 11.5 Å². The Morgan fingerprint density at radius 3 is 2.38 bits per heavy atom. The molecule has 1 aliphatic carbocycles. The third-order valence-corrected chi connectivity index (χ3v) is 11.8. The topological polar surface area (TPSA) is 136 Å². The number of carbonyl (C=O) groups is 3. The van der Waals surface area contributed by atoms with Gasteiger partial charge in [0.15, 0.2) is 11.5 Å². The van der Waals surface area contributed by atoms with E-state index in [1.54, 1.807) is 0 Å². The molecule has 2 aliphatic heterocycles. The standard InChI is InChI=1S/C35H36Cl2F2N4O8S2/c1-53(47,48)43(9-8-41-10-12-52-13-11-41)23-5-6-24-25(15-23)34(46)42(33(24)45)19-32(44)50-30(16-26-27(36)17-40-18-28(26)37)22-4-7-29(51-35(38)39)31(14-22)49-20-21-2-3-21/h4-7,14-15,17-18,21,30,35H,2-3,8-13,16,19-20H2,1H3/t30-/m0/s1. The molecule has 12 nitrogen and oxygen atoms in total. The highest BCUT2D eigenvalue weighted by Gasteiger charge is 2.38. The van der Waals surface area contributed by atoms with Gasteiger partial charge in [-0.3, -0.25) is 33.5 Å². The fraction of sp³-hybridized carbons (Fsp3) is 0.429. The lowest BCUT2D eigenvalue weighted by molar-refractivity contribution is -0.149. The van der Waals surface area contributed by atoms with Crippen molar-refractivity contribution in [2.45, 2.75) is 32.0 Å². The maximum absolute atomic E-state index is 13.6. The maximum atomic E-state index is 13.6. The van der Waals surface area contributed by atoms with Crippen LogP contribution in [0.2, 0.25) is 10.0 Å². The molecule has 0 spiro atoms. The molecule has 0 bridgehead atoms. The van der Waals surface area contributed by atoms with Gasteiger partial charge in [-0.15, -0.1) is 0 Å². The molecule has 0 radical (unpaired) electrons. The fourth-order valence-corrected chi connectivity index (χ4v) is 8.42. The highest BCUT2D eigenvalue weighted by atomic mass is 35.5. The van der Waals surface area contributed by atoms with Gasteiger partial charge in [0.05, 0.1) is 39.7 Å². The van der Waals surface area contributed by atoms with E-state index in [0.717, 1.165) is 48.6 Å². The smallest absolute Gasteiger partial charge is 0.387 e. The number of rotatable bonds is 16. The second-order valence-corrected chi connectivity index (χ2v) is 16.8. The molecule has 0 N–H and O–H groups in total. The van der Waals surface area contributed by atoms with Crippen molar-refractivity contribution in [2.75, 3.05) is 61.4 Å². The number of aromatic nitrogens is 1. The van der Waals surface area contributed by atoms with Gasteiger partial charge in [0.2, 0.25) is 10.0 Å². The molecule has 1 aromatic heterocycles. The molecular formula is C35H36Cl2F2N4O8S2. The van der Waals surface area contributed by atoms with E-state index in [1.807, 2.05) is 11.8 Å². The van der Waals surface area contributed by atoms with Crippen LogP contribution in [0, 0.1) is 5.92 Å². The minimum atomic E-state index is -3.75. The summed E-state index contributed by atoms with van der Waals surface area (Å²) in [6.45, 7) is -1.31. The van der Waals surface area contributed by atoms with Crippen LogP contribution in [-0.2, 0) is 26.0 Å². The number of fused-ring (bicyclic) bond motifs is 1. The van der Waals surface area contributed by atoms with Crippen LogP contribution in [0.25, 0.3) is 0 Å². The highest BCUT2D eigenvalue weighted by Crippen LogP contribution is 2.38. The Morgan fingerprint density at radius 1 is 1.02 bits per heavy atom. The normalized spacial score (nSPS) is 16.8. The molecule has 1 atom stereocenters. The van der Waals surface area contributed by atoms with Crippen molar-refractivity contribution in [1.82, 2.24) is 14.8 Å². The quantitative estimate of drug-likeness (QED) is 0.130. The number of hydrogen-bond acceptors (Lipinski definition) is 11. The number of thioether (sulfide) groups is 1. The number of sulfonamides is 1. The summed E-state index contributed by atoms with van der Waals surface area (Å²) in [4.78, 5) is 47.4. The van der Waals surface area contributed by atoms with Gasteiger partial charge < -0.3 is 14.2 Å². The molecule has 53 heavy (non-hydrogen) atoms. The van der Waals surface area contributed by atoms with E-state index in [4.69, 9.17) is 32.7 Å². The Balaban J connectivity index is 1.22. The van der Waals surface area contributed by atoms with Crippen LogP contribution < -0.4 is 13.8 Å². The molecule has 3 aromatic rings. The van der Waals surface area contributed by atoms with Crippen molar-refractivity contribution >= 4 is 68.5 Å². The van der Waals surface area contributed by atoms with Gasteiger partial charge in [-0.2, -0.15) is 20.5 Å². The number of benzene rings is 2. The lowest BCUT2D eigenvalue weighted by Crippen LogP contribution is -2.41. The summed E-state index contributed by atoms with van der Waals surface area (Å²) in [5, 5.41) is 0.353. The SMILES string of the molecule is CS(=O)(=O)N(CCN1CCSCC1)c1ccc2c(c1)C(=O)N(CC(=O)O[C@@H](Cc1c(Cl)cncc1Cl)c1ccc(OC(F)F)c(OCC3CC3)c1)C2=O. The Morgan fingerprint density at radius 2 is 1.72 bits per heavy atom. The first-order valence-corrected chi connectivity index (χ1v) is 20.5. The predicted molar refractivity (Wildman–Crippen MR) is 196 cm³/mol. The molecule has 6 rings (SSSR count). The zero-order valence-corrected chi connectivity index (χ0v) is 31.7. The van der Waals surface area contributed by atoms with Gasteiger partial charge >= 0.3 is 12.6 Å². The molecule has 18 heteroatoms. The summed E-state index contributed by atoms with van der Waals surface area (Å²) in [6, 6.07) is 8.28. The van der Waals surface area contributed by atoms with Gasteiger partial charge in [-0.1, -0.05) is 29.3 Å². The van der Waals surface area contributed by atoms with Crippen molar-refractivity contribution in [3.05, 3.63) is 81.1 Å². The third kappa shape index (κ3) is 9.70. The minimum Gasteiger partial charge on any atom is -0.489 e. The molecule has 2 aromatic carbocycles. The number of halogens is 4. The van der Waals surface area contributed by atoms with Crippen molar-refractivity contribution < 1.29 is 45.8 Å². The lowest BCUT2D eigenvalue weighted by atomic mass is 10.0. The second-order valence-electron chi connectivity index (χ2n) is 12.8. The number of esters is 1. The van der Waals surface area contributed by atoms with Crippen molar-refractivity contribution in [3.8, 4) is 11.5 Å². The second kappa shape index (κ2) is 16.8. The van der Waals surface area contributed by atoms with Gasteiger partial charge in [0.25, 0.3) is 11.8 Å². The summed E-state index contributed by atoms with van der Waals surface area (Å²) >= 11 is 14.6. The zero-order chi connectivity index (χ0) is 37.9. The first kappa shape index (κ1) is 39.0. The Bertz CT molecular complexity index is 1960. The Labute approximate surface area is 319 Å². The number of imide groups is 1. The van der Waals surface area contributed by atoms with Gasteiger partial charge in [-0.25, -0.2) is 8.42 Å². The summed E-state index contributed by atoms with van der Waals surface area (Å²) in [6.07, 6.45) is 4.44. The van der Waals surface area contributed by atoms with E-state index in [9.17, 15) is 31.6 Å². The first-order valence-electron chi connectivity index (χ1n) is 16.8. The molecule has 284 valence electrons. The monoisotopic (exact) mass is 812 g/mol. The van der Waals surface area contributed by atoms with E-state index in [2.05, 4.69) is 14.6 Å². The van der Waals surface area contributed by atoms with E-state index in [0.29, 0.717) is 17.7 Å². The number of carbonyl (C=O) groups excluding carboxylic acids is 3. The van der Waals surface area contributed by atoms with Crippen LogP contribution in [0.4, 0.5) is 14.5 Å². The van der Waals surface area contributed by atoms with E-state index < -0.39 is 47.1 Å². The van der Waals surface area contributed by atoms with Gasteiger partial charge in [0.1, 0.15) is 12.6 Å². The molecule has 3 aliphatic rings. The average molecular weight is 814 g/mol. The molecule has 2 amide bonds. The third-order valence-electron chi connectivity index (χ3n) is 9.00. The Kier molecular flexibility index (Phi) is 12.3. The average Bonchev–Trinajstić information content (AvgIpc) is 3.92. The molecule has 1 saturated carbocycles. The number of anilines is 1. The molecule has 3 heterocycles. The minimum absolute atomic E-state index is 0.00651. The Hall–Kier alpha value is -3.70. The summed E-state index contributed by atoms with van der Waals surface area (Å²) in [7, 11) is -3.75. The number of hydrogen-bond donors (Lipinski definition) is 0. The molecular weight excluding hydrogens is 777 g/mol. The van der Waals surface area contributed by atoms with Gasteiger partial charge in [-0.05, 0) is 60.2 Å². The van der Waals surface area contributed by atoms with Crippen molar-refractivity contribution in [2.24, 2.45) is 5.92 Å². The van der Waals surface area contributed by atoms with Gasteiger partial charge in [0, 0.05) is 56.5 Å². The number of amides is 2. The van der Waals surface area contributed by atoms with Crippen molar-refractivity contribution in [1.29, 1.82) is 0 Å². The maximum Gasteiger partial charge on any atom is 0.387 e. The number of ether oxygens (including phenoxy) is 3. The predicted octanol–water partition coefficient (Wildman–Crippen LogP) is 5.72. The van der Waals surface area contributed by atoms with Crippen molar-refractivity contribution in [3.63, 3.8) is 0 Å². The number of nitrogens with zero attached hydrogens (tertiary/aromatic N) is 4. The van der Waals surface area contributed by atoms with E-state index >= 15 is 0 Å². The van der Waals surface area contributed by atoms with Crippen LogP contribution in [0.1, 0.15) is 50.8 Å². The number of pyridine rings is 1. The van der Waals surface area contributed by atoms with E-state index in [1.165, 1.54) is 53.1 Å². The molecule has 2 fully saturated rings. The molecule has 1 saturated heterocycles. The zero-order valence-electron chi connectivity index (χ0n) is 28.5. The van der Waals surface area contributed by atoms with Crippen LogP contribution in [-0.4, -0.2) is 105 Å².